The molecule has 0 saturated heterocycles. The molecule has 1 heterocycles. The highest BCUT2D eigenvalue weighted by Crippen LogP contribution is 2.38. The van der Waals surface area contributed by atoms with Crippen LogP contribution in [-0.4, -0.2) is 33.3 Å². The highest BCUT2D eigenvalue weighted by atomic mass is 79.9. The van der Waals surface area contributed by atoms with Gasteiger partial charge in [-0.1, -0.05) is 0 Å². The molecular weight excluding hydrogens is 346 g/mol. The monoisotopic (exact) mass is 355 g/mol. The Morgan fingerprint density at radius 2 is 1.89 bits per heavy atom. The first-order valence-electron chi connectivity index (χ1n) is 5.17. The third-order valence-corrected chi connectivity index (χ3v) is 4.58. The summed E-state index contributed by atoms with van der Waals surface area (Å²) in [5, 5.41) is 0. The third-order valence-electron chi connectivity index (χ3n) is 2.24. The predicted octanol–water partition coefficient (Wildman–Crippen LogP) is 2.20. The SMILES string of the molecule is O=S(=O)(CCCl)Nc1cc2c(cc1Br)OCCO2. The number of halogens is 2. The lowest BCUT2D eigenvalue weighted by Crippen LogP contribution is -2.19. The van der Waals surface area contributed by atoms with Crippen LogP contribution in [0.15, 0.2) is 16.6 Å². The van der Waals surface area contributed by atoms with E-state index >= 15 is 0 Å². The molecule has 18 heavy (non-hydrogen) atoms. The first kappa shape index (κ1) is 13.8. The number of rotatable bonds is 4. The van der Waals surface area contributed by atoms with Crippen molar-refractivity contribution in [1.82, 2.24) is 0 Å². The number of sulfonamides is 1. The summed E-state index contributed by atoms with van der Waals surface area (Å²) in [5.41, 5.74) is 0.407. The van der Waals surface area contributed by atoms with Crippen molar-refractivity contribution in [3.05, 3.63) is 16.6 Å². The number of alkyl halides is 1. The second kappa shape index (κ2) is 5.54. The average Bonchev–Trinajstić information content (AvgIpc) is 2.29. The minimum atomic E-state index is -3.44. The Hall–Kier alpha value is -0.660. The minimum Gasteiger partial charge on any atom is -0.486 e. The smallest absolute Gasteiger partial charge is 0.233 e. The van der Waals surface area contributed by atoms with Gasteiger partial charge in [0.05, 0.1) is 11.4 Å². The van der Waals surface area contributed by atoms with Crippen LogP contribution >= 0.6 is 27.5 Å². The predicted molar refractivity (Wildman–Crippen MR) is 73.3 cm³/mol. The van der Waals surface area contributed by atoms with E-state index in [2.05, 4.69) is 20.7 Å². The number of nitrogens with one attached hydrogen (secondary N) is 1. The summed E-state index contributed by atoms with van der Waals surface area (Å²) in [5.74, 6) is 1.01. The number of ether oxygens (including phenoxy) is 2. The molecule has 0 aliphatic carbocycles. The molecule has 0 bridgehead atoms. The maximum Gasteiger partial charge on any atom is 0.233 e. The number of anilines is 1. The molecule has 1 N–H and O–H groups in total. The lowest BCUT2D eigenvalue weighted by molar-refractivity contribution is 0.171. The fraction of sp³-hybridized carbons (Fsp3) is 0.400. The van der Waals surface area contributed by atoms with Gasteiger partial charge in [-0.15, -0.1) is 11.6 Å². The zero-order chi connectivity index (χ0) is 13.2. The van der Waals surface area contributed by atoms with Crippen molar-refractivity contribution in [2.75, 3.05) is 29.6 Å². The molecule has 0 saturated carbocycles. The van der Waals surface area contributed by atoms with Crippen molar-refractivity contribution in [3.63, 3.8) is 0 Å². The molecule has 0 amide bonds. The highest BCUT2D eigenvalue weighted by Gasteiger charge is 2.18. The molecule has 1 aliphatic rings. The molecule has 5 nitrogen and oxygen atoms in total. The number of hydrogen-bond donors (Lipinski definition) is 1. The summed E-state index contributed by atoms with van der Waals surface area (Å²) in [4.78, 5) is 0. The zero-order valence-corrected chi connectivity index (χ0v) is 12.4. The van der Waals surface area contributed by atoms with Crippen molar-refractivity contribution in [2.24, 2.45) is 0 Å². The summed E-state index contributed by atoms with van der Waals surface area (Å²) < 4.78 is 37.1. The largest absolute Gasteiger partial charge is 0.486 e. The second-order valence-corrected chi connectivity index (χ2v) is 6.66. The summed E-state index contributed by atoms with van der Waals surface area (Å²) in [6.45, 7) is 0.930. The van der Waals surface area contributed by atoms with Crippen LogP contribution in [0.2, 0.25) is 0 Å². The summed E-state index contributed by atoms with van der Waals surface area (Å²) in [6, 6.07) is 3.26. The lowest BCUT2D eigenvalue weighted by atomic mass is 10.2. The van der Waals surface area contributed by atoms with E-state index in [0.717, 1.165) is 0 Å². The van der Waals surface area contributed by atoms with Gasteiger partial charge in [-0.3, -0.25) is 4.72 Å². The minimum absolute atomic E-state index is 0.0392. The molecule has 1 aliphatic heterocycles. The maximum atomic E-state index is 11.6. The number of fused-ring (bicyclic) bond motifs is 1. The van der Waals surface area contributed by atoms with Gasteiger partial charge in [0.15, 0.2) is 11.5 Å². The van der Waals surface area contributed by atoms with E-state index in [1.54, 1.807) is 12.1 Å². The molecule has 0 aromatic heterocycles. The van der Waals surface area contributed by atoms with E-state index in [0.29, 0.717) is 34.9 Å². The first-order valence-corrected chi connectivity index (χ1v) is 8.15. The van der Waals surface area contributed by atoms with Crippen molar-refractivity contribution in [1.29, 1.82) is 0 Å². The van der Waals surface area contributed by atoms with Crippen LogP contribution in [0.1, 0.15) is 0 Å². The van der Waals surface area contributed by atoms with Crippen LogP contribution in [0.25, 0.3) is 0 Å². The average molecular weight is 357 g/mol. The van der Waals surface area contributed by atoms with Crippen molar-refractivity contribution in [3.8, 4) is 11.5 Å². The Morgan fingerprint density at radius 3 is 2.50 bits per heavy atom. The van der Waals surface area contributed by atoms with E-state index in [1.807, 2.05) is 0 Å². The van der Waals surface area contributed by atoms with Crippen molar-refractivity contribution in [2.45, 2.75) is 0 Å². The van der Waals surface area contributed by atoms with E-state index < -0.39 is 10.0 Å². The Kier molecular flexibility index (Phi) is 4.24. The number of benzene rings is 1. The van der Waals surface area contributed by atoms with Gasteiger partial charge >= 0.3 is 0 Å². The third kappa shape index (κ3) is 3.21. The molecule has 0 radical (unpaired) electrons. The molecule has 1 aromatic carbocycles. The topological polar surface area (TPSA) is 64.6 Å². The van der Waals surface area contributed by atoms with E-state index in [1.165, 1.54) is 0 Å². The maximum absolute atomic E-state index is 11.6. The molecule has 8 heteroatoms. The van der Waals surface area contributed by atoms with Gasteiger partial charge in [0.25, 0.3) is 0 Å². The first-order chi connectivity index (χ1) is 8.52. The van der Waals surface area contributed by atoms with Gasteiger partial charge in [-0.05, 0) is 15.9 Å². The molecule has 0 fully saturated rings. The van der Waals surface area contributed by atoms with Crippen LogP contribution in [0.5, 0.6) is 11.5 Å². The summed E-state index contributed by atoms with van der Waals surface area (Å²) in [7, 11) is -3.44. The molecule has 0 spiro atoms. The normalized spacial score (nSPS) is 14.3. The van der Waals surface area contributed by atoms with Crippen molar-refractivity contribution >= 4 is 43.2 Å². The fourth-order valence-corrected chi connectivity index (χ4v) is 3.43. The Labute approximate surface area is 119 Å². The quantitative estimate of drug-likeness (QED) is 0.840. The van der Waals surface area contributed by atoms with Crippen LogP contribution in [0.3, 0.4) is 0 Å². The summed E-state index contributed by atoms with van der Waals surface area (Å²) >= 11 is 8.72. The van der Waals surface area contributed by atoms with Gasteiger partial charge < -0.3 is 9.47 Å². The Bertz CT molecular complexity index is 549. The van der Waals surface area contributed by atoms with Gasteiger partial charge in [-0.2, -0.15) is 0 Å². The van der Waals surface area contributed by atoms with Crippen LogP contribution in [-0.2, 0) is 10.0 Å². The zero-order valence-electron chi connectivity index (χ0n) is 9.28. The van der Waals surface area contributed by atoms with Crippen LogP contribution in [0, 0.1) is 0 Å². The standard InChI is InChI=1S/C10H11BrClNO4S/c11-7-5-9-10(17-3-2-16-9)6-8(7)13-18(14,15)4-1-12/h5-6,13H,1-4H2. The molecule has 2 rings (SSSR count). The van der Waals surface area contributed by atoms with E-state index in [9.17, 15) is 8.42 Å². The van der Waals surface area contributed by atoms with Gasteiger partial charge in [0.2, 0.25) is 10.0 Å². The fourth-order valence-electron chi connectivity index (χ4n) is 1.46. The summed E-state index contributed by atoms with van der Waals surface area (Å²) in [6.07, 6.45) is 0. The van der Waals surface area contributed by atoms with Gasteiger partial charge in [0, 0.05) is 22.5 Å². The van der Waals surface area contributed by atoms with E-state index in [-0.39, 0.29) is 11.6 Å². The number of hydrogen-bond acceptors (Lipinski definition) is 4. The Morgan fingerprint density at radius 1 is 1.28 bits per heavy atom. The highest BCUT2D eigenvalue weighted by molar-refractivity contribution is 9.10. The van der Waals surface area contributed by atoms with E-state index in [4.69, 9.17) is 21.1 Å². The second-order valence-electron chi connectivity index (χ2n) is 3.59. The van der Waals surface area contributed by atoms with Crippen molar-refractivity contribution < 1.29 is 17.9 Å². The van der Waals surface area contributed by atoms with Gasteiger partial charge in [-0.25, -0.2) is 8.42 Å². The Balaban J connectivity index is 2.29. The van der Waals surface area contributed by atoms with Crippen LogP contribution < -0.4 is 14.2 Å². The molecular formula is C10H11BrClNO4S. The molecule has 0 atom stereocenters. The molecule has 100 valence electrons. The lowest BCUT2D eigenvalue weighted by Gasteiger charge is -2.20. The van der Waals surface area contributed by atoms with Gasteiger partial charge in [0.1, 0.15) is 13.2 Å². The van der Waals surface area contributed by atoms with Crippen LogP contribution in [0.4, 0.5) is 5.69 Å². The molecule has 0 unspecified atom stereocenters. The molecule has 1 aromatic rings.